The molecule has 0 aliphatic heterocycles. The molecule has 1 aromatic heterocycles. The number of rotatable bonds is 1. The Kier molecular flexibility index (Phi) is 3.00. The first-order valence-corrected chi connectivity index (χ1v) is 6.66. The summed E-state index contributed by atoms with van der Waals surface area (Å²) < 4.78 is 0. The van der Waals surface area contributed by atoms with Crippen LogP contribution in [0.25, 0.3) is 11.1 Å². The summed E-state index contributed by atoms with van der Waals surface area (Å²) >= 11 is 1.65. The van der Waals surface area contributed by atoms with Gasteiger partial charge >= 0.3 is 0 Å². The molecule has 0 spiro atoms. The molecule has 0 atom stereocenters. The predicted octanol–water partition coefficient (Wildman–Crippen LogP) is 4.60. The zero-order valence-corrected chi connectivity index (χ0v) is 11.7. The molecule has 2 heteroatoms. The van der Waals surface area contributed by atoms with Crippen molar-refractivity contribution in [2.45, 2.75) is 33.1 Å². The van der Waals surface area contributed by atoms with Crippen molar-refractivity contribution >= 4 is 16.3 Å². The fraction of sp³-hybridized carbons (Fsp3) is 0.333. The van der Waals surface area contributed by atoms with E-state index in [4.69, 9.17) is 5.73 Å². The van der Waals surface area contributed by atoms with Gasteiger partial charge in [0.25, 0.3) is 0 Å². The van der Waals surface area contributed by atoms with Crippen molar-refractivity contribution in [2.75, 3.05) is 5.73 Å². The van der Waals surface area contributed by atoms with Gasteiger partial charge in [0, 0.05) is 4.88 Å². The van der Waals surface area contributed by atoms with Crippen LogP contribution in [0.2, 0.25) is 0 Å². The lowest BCUT2D eigenvalue weighted by Crippen LogP contribution is -2.10. The molecule has 0 aliphatic carbocycles. The molecule has 17 heavy (non-hydrogen) atoms. The lowest BCUT2D eigenvalue weighted by atomic mass is 9.86. The molecule has 0 saturated carbocycles. The van der Waals surface area contributed by atoms with Crippen molar-refractivity contribution in [1.82, 2.24) is 0 Å². The standard InChI is InChI=1S/C15H19NS/c1-10-13(9-14(16)17-10)11-5-7-12(8-6-11)15(2,3)4/h5-9H,16H2,1-4H3. The highest BCUT2D eigenvalue weighted by Gasteiger charge is 2.13. The SMILES string of the molecule is Cc1sc(N)cc1-c1ccc(C(C)(C)C)cc1. The van der Waals surface area contributed by atoms with Crippen molar-refractivity contribution in [3.63, 3.8) is 0 Å². The van der Waals surface area contributed by atoms with Crippen molar-refractivity contribution in [2.24, 2.45) is 0 Å². The summed E-state index contributed by atoms with van der Waals surface area (Å²) in [5, 5.41) is 0.886. The molecule has 2 rings (SSSR count). The smallest absolute Gasteiger partial charge is 0.0865 e. The molecule has 0 radical (unpaired) electrons. The number of nitrogens with two attached hydrogens (primary N) is 1. The van der Waals surface area contributed by atoms with E-state index in [9.17, 15) is 0 Å². The zero-order valence-electron chi connectivity index (χ0n) is 10.9. The number of hydrogen-bond donors (Lipinski definition) is 1. The molecular formula is C15H19NS. The van der Waals surface area contributed by atoms with E-state index in [0.29, 0.717) is 0 Å². The van der Waals surface area contributed by atoms with E-state index in [-0.39, 0.29) is 5.41 Å². The fourth-order valence-electron chi connectivity index (χ4n) is 1.94. The summed E-state index contributed by atoms with van der Waals surface area (Å²) in [7, 11) is 0. The zero-order chi connectivity index (χ0) is 12.6. The molecule has 0 amide bonds. The summed E-state index contributed by atoms with van der Waals surface area (Å²) in [6, 6.07) is 10.9. The molecule has 1 aromatic carbocycles. The minimum absolute atomic E-state index is 0.210. The number of nitrogen functional groups attached to an aromatic ring is 1. The van der Waals surface area contributed by atoms with E-state index >= 15 is 0 Å². The van der Waals surface area contributed by atoms with Gasteiger partial charge in [0.2, 0.25) is 0 Å². The summed E-state index contributed by atoms with van der Waals surface area (Å²) in [6.45, 7) is 8.82. The third-order valence-corrected chi connectivity index (χ3v) is 3.88. The Morgan fingerprint density at radius 3 is 2.06 bits per heavy atom. The second-order valence-corrected chi connectivity index (χ2v) is 6.73. The number of hydrogen-bond acceptors (Lipinski definition) is 2. The summed E-state index contributed by atoms with van der Waals surface area (Å²) in [5.41, 5.74) is 9.92. The summed E-state index contributed by atoms with van der Waals surface area (Å²) in [5.74, 6) is 0. The molecule has 1 heterocycles. The third kappa shape index (κ3) is 2.52. The molecule has 1 nitrogen and oxygen atoms in total. The van der Waals surface area contributed by atoms with Crippen LogP contribution in [0.5, 0.6) is 0 Å². The first-order valence-electron chi connectivity index (χ1n) is 5.85. The van der Waals surface area contributed by atoms with Crippen LogP contribution >= 0.6 is 11.3 Å². The Morgan fingerprint density at radius 2 is 1.65 bits per heavy atom. The van der Waals surface area contributed by atoms with Gasteiger partial charge in [-0.15, -0.1) is 11.3 Å². The van der Waals surface area contributed by atoms with Crippen LogP contribution in [0, 0.1) is 6.92 Å². The highest BCUT2D eigenvalue weighted by atomic mass is 32.1. The number of thiophene rings is 1. The van der Waals surface area contributed by atoms with E-state index in [2.05, 4.69) is 58.0 Å². The monoisotopic (exact) mass is 245 g/mol. The molecule has 2 N–H and O–H groups in total. The highest BCUT2D eigenvalue weighted by Crippen LogP contribution is 2.33. The number of anilines is 1. The van der Waals surface area contributed by atoms with Gasteiger partial charge in [-0.1, -0.05) is 45.0 Å². The Balaban J connectivity index is 2.39. The molecule has 0 saturated heterocycles. The fourth-order valence-corrected chi connectivity index (χ4v) is 2.76. The molecular weight excluding hydrogens is 226 g/mol. The minimum Gasteiger partial charge on any atom is -0.391 e. The lowest BCUT2D eigenvalue weighted by Gasteiger charge is -2.19. The average Bonchev–Trinajstić information content (AvgIpc) is 2.57. The van der Waals surface area contributed by atoms with Gasteiger partial charge in [-0.05, 0) is 35.1 Å². The topological polar surface area (TPSA) is 26.0 Å². The van der Waals surface area contributed by atoms with Gasteiger partial charge < -0.3 is 5.73 Å². The Bertz CT molecular complexity index is 515. The first-order chi connectivity index (χ1) is 7.88. The van der Waals surface area contributed by atoms with Crippen LogP contribution in [0.15, 0.2) is 30.3 Å². The quantitative estimate of drug-likeness (QED) is 0.780. The Morgan fingerprint density at radius 1 is 1.06 bits per heavy atom. The highest BCUT2D eigenvalue weighted by molar-refractivity contribution is 7.16. The van der Waals surface area contributed by atoms with Crippen LogP contribution in [0.3, 0.4) is 0 Å². The van der Waals surface area contributed by atoms with Gasteiger partial charge in [0.15, 0.2) is 0 Å². The largest absolute Gasteiger partial charge is 0.391 e. The van der Waals surface area contributed by atoms with Crippen LogP contribution in [0.4, 0.5) is 5.00 Å². The van der Waals surface area contributed by atoms with E-state index in [0.717, 1.165) is 5.00 Å². The van der Waals surface area contributed by atoms with E-state index in [1.54, 1.807) is 11.3 Å². The van der Waals surface area contributed by atoms with Gasteiger partial charge in [0.1, 0.15) is 0 Å². The Hall–Kier alpha value is -1.28. The summed E-state index contributed by atoms with van der Waals surface area (Å²) in [6.07, 6.45) is 0. The second-order valence-electron chi connectivity index (χ2n) is 5.45. The average molecular weight is 245 g/mol. The maximum absolute atomic E-state index is 5.83. The molecule has 0 fully saturated rings. The van der Waals surface area contributed by atoms with Gasteiger partial charge in [-0.25, -0.2) is 0 Å². The minimum atomic E-state index is 0.210. The van der Waals surface area contributed by atoms with Crippen LogP contribution in [0.1, 0.15) is 31.2 Å². The molecule has 2 aromatic rings. The maximum atomic E-state index is 5.83. The van der Waals surface area contributed by atoms with Gasteiger partial charge in [0.05, 0.1) is 5.00 Å². The number of aryl methyl sites for hydroxylation is 1. The molecule has 90 valence electrons. The second kappa shape index (κ2) is 4.19. The van der Waals surface area contributed by atoms with Crippen LogP contribution in [-0.4, -0.2) is 0 Å². The summed E-state index contributed by atoms with van der Waals surface area (Å²) in [4.78, 5) is 1.28. The third-order valence-electron chi connectivity index (χ3n) is 3.00. The van der Waals surface area contributed by atoms with Crippen molar-refractivity contribution in [3.05, 3.63) is 40.8 Å². The van der Waals surface area contributed by atoms with Crippen molar-refractivity contribution in [1.29, 1.82) is 0 Å². The van der Waals surface area contributed by atoms with Crippen molar-refractivity contribution in [3.8, 4) is 11.1 Å². The van der Waals surface area contributed by atoms with E-state index in [1.165, 1.54) is 21.6 Å². The molecule has 0 aliphatic rings. The molecule has 0 unspecified atom stereocenters. The normalized spacial score (nSPS) is 11.8. The van der Waals surface area contributed by atoms with E-state index in [1.807, 2.05) is 0 Å². The van der Waals surface area contributed by atoms with Crippen LogP contribution in [-0.2, 0) is 5.41 Å². The van der Waals surface area contributed by atoms with E-state index < -0.39 is 0 Å². The number of benzene rings is 1. The van der Waals surface area contributed by atoms with Crippen molar-refractivity contribution < 1.29 is 0 Å². The van der Waals surface area contributed by atoms with Gasteiger partial charge in [-0.2, -0.15) is 0 Å². The maximum Gasteiger partial charge on any atom is 0.0865 e. The molecule has 0 bridgehead atoms. The van der Waals surface area contributed by atoms with Crippen LogP contribution < -0.4 is 5.73 Å². The Labute approximate surface area is 107 Å². The predicted molar refractivity (Wildman–Crippen MR) is 77.6 cm³/mol. The first kappa shape index (κ1) is 12.2. The lowest BCUT2D eigenvalue weighted by molar-refractivity contribution is 0.590. The van der Waals surface area contributed by atoms with Gasteiger partial charge in [-0.3, -0.25) is 0 Å².